The van der Waals surface area contributed by atoms with Gasteiger partial charge >= 0.3 is 0 Å². The first-order valence-electron chi connectivity index (χ1n) is 5.13. The van der Waals surface area contributed by atoms with Gasteiger partial charge in [-0.2, -0.15) is 0 Å². The fourth-order valence-corrected chi connectivity index (χ4v) is 2.95. The zero-order valence-electron chi connectivity index (χ0n) is 10.0. The van der Waals surface area contributed by atoms with Crippen LogP contribution in [0.15, 0.2) is 23.1 Å². The van der Waals surface area contributed by atoms with Gasteiger partial charge in [-0.05, 0) is 25.5 Å². The van der Waals surface area contributed by atoms with E-state index in [0.29, 0.717) is 5.56 Å². The van der Waals surface area contributed by atoms with Crippen molar-refractivity contribution in [3.8, 4) is 0 Å². The van der Waals surface area contributed by atoms with Gasteiger partial charge in [0.2, 0.25) is 5.91 Å². The van der Waals surface area contributed by atoms with E-state index < -0.39 is 21.0 Å². The summed E-state index contributed by atoms with van der Waals surface area (Å²) in [6.07, 6.45) is 0. The fraction of sp³-hybridized carbons (Fsp3) is 0.364. The molecule has 0 bridgehead atoms. The smallest absolute Gasteiger partial charge is 0.238 e. The fourth-order valence-electron chi connectivity index (χ4n) is 1.44. The van der Waals surface area contributed by atoms with Crippen LogP contribution < -0.4 is 11.1 Å². The summed E-state index contributed by atoms with van der Waals surface area (Å²) in [6, 6.07) is 4.74. The molecule has 0 saturated heterocycles. The predicted molar refractivity (Wildman–Crippen MR) is 66.3 cm³/mol. The average Bonchev–Trinajstić information content (AvgIpc) is 2.30. The van der Waals surface area contributed by atoms with Gasteiger partial charge in [0.15, 0.2) is 9.84 Å². The maximum absolute atomic E-state index is 12.2. The summed E-state index contributed by atoms with van der Waals surface area (Å²) >= 11 is 0. The molecule has 1 rings (SSSR count). The Morgan fingerprint density at radius 1 is 1.41 bits per heavy atom. The molecule has 3 N–H and O–H groups in total. The second-order valence-electron chi connectivity index (χ2n) is 3.79. The van der Waals surface area contributed by atoms with Crippen molar-refractivity contribution in [2.75, 3.05) is 12.8 Å². The first kappa shape index (κ1) is 13.5. The zero-order chi connectivity index (χ0) is 13.2. The highest BCUT2D eigenvalue weighted by atomic mass is 32.2. The third kappa shape index (κ3) is 2.41. The maximum atomic E-state index is 12.2. The number of aryl methyl sites for hydroxylation is 1. The van der Waals surface area contributed by atoms with Crippen LogP contribution in [0.3, 0.4) is 0 Å². The van der Waals surface area contributed by atoms with E-state index in [1.165, 1.54) is 20.0 Å². The molecule has 1 aromatic rings. The van der Waals surface area contributed by atoms with Crippen molar-refractivity contribution < 1.29 is 13.2 Å². The summed E-state index contributed by atoms with van der Waals surface area (Å²) in [6.45, 7) is 3.06. The Balaban J connectivity index is 3.32. The summed E-state index contributed by atoms with van der Waals surface area (Å²) in [4.78, 5) is 11.4. The first-order valence-corrected chi connectivity index (χ1v) is 6.67. The molecule has 1 aromatic carbocycles. The van der Waals surface area contributed by atoms with Crippen LogP contribution in [0.2, 0.25) is 0 Å². The molecule has 0 saturated carbocycles. The molecule has 0 aliphatic heterocycles. The minimum absolute atomic E-state index is 0.00796. The lowest BCUT2D eigenvalue weighted by molar-refractivity contribution is -0.119. The molecule has 0 heterocycles. The highest BCUT2D eigenvalue weighted by molar-refractivity contribution is 7.93. The van der Waals surface area contributed by atoms with Crippen molar-refractivity contribution in [2.24, 2.45) is 0 Å². The lowest BCUT2D eigenvalue weighted by Gasteiger charge is -2.14. The summed E-state index contributed by atoms with van der Waals surface area (Å²) in [7, 11) is -2.34. The molecule has 17 heavy (non-hydrogen) atoms. The highest BCUT2D eigenvalue weighted by Gasteiger charge is 2.30. The number of amides is 1. The number of hydrogen-bond acceptors (Lipinski definition) is 4. The number of carbonyl (C=O) groups excluding carboxylic acids is 1. The van der Waals surface area contributed by atoms with Crippen molar-refractivity contribution in [2.45, 2.75) is 24.0 Å². The molecule has 0 aliphatic carbocycles. The molecule has 94 valence electrons. The number of carbonyl (C=O) groups is 1. The van der Waals surface area contributed by atoms with Crippen LogP contribution in [-0.4, -0.2) is 26.6 Å². The van der Waals surface area contributed by atoms with Crippen molar-refractivity contribution in [3.63, 3.8) is 0 Å². The summed E-state index contributed by atoms with van der Waals surface area (Å²) in [5.74, 6) is -0.550. The molecule has 0 radical (unpaired) electrons. The Hall–Kier alpha value is -1.56. The Morgan fingerprint density at radius 3 is 2.53 bits per heavy atom. The topological polar surface area (TPSA) is 89.3 Å². The molecule has 1 amide bonds. The molecule has 1 unspecified atom stereocenters. The largest absolute Gasteiger partial charge is 0.397 e. The van der Waals surface area contributed by atoms with Gasteiger partial charge in [0.1, 0.15) is 5.25 Å². The van der Waals surface area contributed by atoms with Crippen LogP contribution >= 0.6 is 0 Å². The van der Waals surface area contributed by atoms with Gasteiger partial charge in [-0.1, -0.05) is 12.1 Å². The predicted octanol–water partition coefficient (Wildman–Crippen LogP) is 0.485. The molecule has 6 heteroatoms. The molecular weight excluding hydrogens is 240 g/mol. The highest BCUT2D eigenvalue weighted by Crippen LogP contribution is 2.25. The minimum Gasteiger partial charge on any atom is -0.397 e. The molecule has 0 aromatic heterocycles. The number of nitrogens with one attached hydrogen (secondary N) is 1. The van der Waals surface area contributed by atoms with Crippen LogP contribution in [-0.2, 0) is 14.6 Å². The van der Waals surface area contributed by atoms with Crippen molar-refractivity contribution in [3.05, 3.63) is 23.8 Å². The van der Waals surface area contributed by atoms with Crippen molar-refractivity contribution >= 4 is 21.4 Å². The Labute approximate surface area is 101 Å². The van der Waals surface area contributed by atoms with E-state index in [9.17, 15) is 13.2 Å². The average molecular weight is 256 g/mol. The molecular formula is C11H16N2O3S. The summed E-state index contributed by atoms with van der Waals surface area (Å²) < 4.78 is 24.3. The number of para-hydroxylation sites is 1. The monoisotopic (exact) mass is 256 g/mol. The van der Waals surface area contributed by atoms with Crippen LogP contribution in [0.5, 0.6) is 0 Å². The number of hydrogen-bond donors (Lipinski definition) is 2. The first-order chi connectivity index (χ1) is 7.82. The second kappa shape index (κ2) is 4.75. The minimum atomic E-state index is -3.74. The number of rotatable bonds is 3. The van der Waals surface area contributed by atoms with Gasteiger partial charge < -0.3 is 11.1 Å². The summed E-state index contributed by atoms with van der Waals surface area (Å²) in [5, 5.41) is 1.16. The van der Waals surface area contributed by atoms with Crippen LogP contribution in [0.25, 0.3) is 0 Å². The van der Waals surface area contributed by atoms with Gasteiger partial charge in [0, 0.05) is 7.05 Å². The van der Waals surface area contributed by atoms with E-state index in [0.717, 1.165) is 0 Å². The van der Waals surface area contributed by atoms with Crippen LogP contribution in [0, 0.1) is 6.92 Å². The number of anilines is 1. The van der Waals surface area contributed by atoms with E-state index >= 15 is 0 Å². The Morgan fingerprint density at radius 2 is 2.00 bits per heavy atom. The number of nitrogens with two attached hydrogens (primary N) is 1. The third-order valence-corrected chi connectivity index (χ3v) is 4.79. The lowest BCUT2D eigenvalue weighted by atomic mass is 10.2. The Kier molecular flexibility index (Phi) is 3.77. The molecule has 0 fully saturated rings. The van der Waals surface area contributed by atoms with Crippen LogP contribution in [0.4, 0.5) is 5.69 Å². The van der Waals surface area contributed by atoms with Gasteiger partial charge in [0.25, 0.3) is 0 Å². The zero-order valence-corrected chi connectivity index (χ0v) is 10.8. The standard InChI is InChI=1S/C11H16N2O3S/c1-7-5-4-6-9(10(7)12)17(15,16)8(2)11(14)13-3/h4-6,8H,12H2,1-3H3,(H,13,14). The van der Waals surface area contributed by atoms with E-state index in [-0.39, 0.29) is 10.6 Å². The van der Waals surface area contributed by atoms with Crippen molar-refractivity contribution in [1.29, 1.82) is 0 Å². The molecule has 5 nitrogen and oxygen atoms in total. The van der Waals surface area contributed by atoms with E-state index in [4.69, 9.17) is 5.73 Å². The Bertz CT molecular complexity index is 538. The third-order valence-electron chi connectivity index (χ3n) is 2.67. The number of nitrogen functional groups attached to an aromatic ring is 1. The maximum Gasteiger partial charge on any atom is 0.238 e. The van der Waals surface area contributed by atoms with E-state index in [2.05, 4.69) is 5.32 Å². The quantitative estimate of drug-likeness (QED) is 0.770. The SMILES string of the molecule is CNC(=O)C(C)S(=O)(=O)c1cccc(C)c1N. The number of benzene rings is 1. The van der Waals surface area contributed by atoms with Gasteiger partial charge in [-0.25, -0.2) is 8.42 Å². The molecule has 0 aliphatic rings. The second-order valence-corrected chi connectivity index (χ2v) is 6.03. The molecule has 1 atom stereocenters. The van der Waals surface area contributed by atoms with E-state index in [1.54, 1.807) is 19.1 Å². The molecule has 0 spiro atoms. The van der Waals surface area contributed by atoms with Gasteiger partial charge in [-0.15, -0.1) is 0 Å². The van der Waals surface area contributed by atoms with Crippen LogP contribution in [0.1, 0.15) is 12.5 Å². The normalized spacial score (nSPS) is 13.1. The summed E-state index contributed by atoms with van der Waals surface area (Å²) in [5.41, 5.74) is 6.61. The number of sulfone groups is 1. The lowest BCUT2D eigenvalue weighted by Crippen LogP contribution is -2.36. The van der Waals surface area contributed by atoms with Gasteiger partial charge in [-0.3, -0.25) is 4.79 Å². The van der Waals surface area contributed by atoms with Crippen molar-refractivity contribution in [1.82, 2.24) is 5.32 Å². The van der Waals surface area contributed by atoms with E-state index in [1.807, 2.05) is 0 Å². The van der Waals surface area contributed by atoms with Gasteiger partial charge in [0.05, 0.1) is 10.6 Å².